The summed E-state index contributed by atoms with van der Waals surface area (Å²) in [6.07, 6.45) is 5.22. The van der Waals surface area contributed by atoms with Gasteiger partial charge in [-0.3, -0.25) is 28.8 Å². The van der Waals surface area contributed by atoms with Crippen molar-refractivity contribution in [1.82, 2.24) is 0 Å². The highest BCUT2D eigenvalue weighted by Gasteiger charge is 2.15. The average molecular weight is 1250 g/mol. The van der Waals surface area contributed by atoms with Gasteiger partial charge in [0.2, 0.25) is 0 Å². The molecule has 0 radical (unpaired) electrons. The summed E-state index contributed by atoms with van der Waals surface area (Å²) in [5.74, 6) is 1.28. The van der Waals surface area contributed by atoms with Crippen LogP contribution in [0.15, 0.2) is 291 Å². The number of carbonyl (C=O) groups excluding carboxylic acids is 6. The highest BCUT2D eigenvalue weighted by atomic mass is 16.1. The molecule has 96 heavy (non-hydrogen) atoms. The zero-order chi connectivity index (χ0) is 65.7. The second kappa shape index (κ2) is 29.7. The fraction of sp³-hybridized carbons (Fsp3) is 0.133. The van der Waals surface area contributed by atoms with Crippen molar-refractivity contribution in [3.63, 3.8) is 0 Å². The van der Waals surface area contributed by atoms with Gasteiger partial charge in [0.25, 0.3) is 0 Å². The maximum Gasteiger partial charge on any atom is 0.141 e. The van der Waals surface area contributed by atoms with Gasteiger partial charge < -0.3 is 0 Å². The first-order chi connectivity index (χ1) is 46.9. The standard InChI is InChI=1S/3C30H24O2/c3*31-29-17-21-1-9-25(10-2-21)26-11-3-23(4-12-26)19-30(32)20-24-7-15-28(16-8-24)27-13-5-22(18-29)6-14-27/h3*1-16H,17-20H2. The number of hydrogen-bond donors (Lipinski definition) is 0. The molecule has 0 N–H and O–H groups in total. The minimum absolute atomic E-state index is 0.214. The minimum Gasteiger partial charge on any atom is -0.299 e. The fourth-order valence-corrected chi connectivity index (χ4v) is 12.9. The normalized spacial score (nSPS) is 13.9. The molecule has 0 saturated heterocycles. The molecular formula is C90H72O6. The lowest BCUT2D eigenvalue weighted by atomic mass is 9.96. The van der Waals surface area contributed by atoms with E-state index in [0.717, 1.165) is 134 Å². The minimum atomic E-state index is 0.214. The molecule has 0 aromatic heterocycles. The molecule has 0 aliphatic heterocycles. The van der Waals surface area contributed by atoms with Crippen molar-refractivity contribution in [1.29, 1.82) is 0 Å². The molecule has 24 bridgehead atoms. The molecule has 0 atom stereocenters. The first kappa shape index (κ1) is 63.4. The molecule has 0 spiro atoms. The monoisotopic (exact) mass is 1250 g/mol. The van der Waals surface area contributed by atoms with E-state index in [2.05, 4.69) is 146 Å². The van der Waals surface area contributed by atoms with Gasteiger partial charge in [-0.1, -0.05) is 291 Å². The van der Waals surface area contributed by atoms with Crippen molar-refractivity contribution in [2.75, 3.05) is 0 Å². The smallest absolute Gasteiger partial charge is 0.141 e. The Labute approximate surface area is 562 Å². The van der Waals surface area contributed by atoms with Crippen LogP contribution < -0.4 is 0 Å². The van der Waals surface area contributed by atoms with Crippen LogP contribution in [-0.4, -0.2) is 34.7 Å². The average Bonchev–Trinajstić information content (AvgIpc) is 1.67. The Kier molecular flexibility index (Phi) is 19.6. The lowest BCUT2D eigenvalue weighted by Crippen LogP contribution is -2.07. The number of carbonyl (C=O) groups is 6. The molecule has 0 fully saturated rings. The van der Waals surface area contributed by atoms with E-state index < -0.39 is 0 Å². The lowest BCUT2D eigenvalue weighted by molar-refractivity contribution is -0.118. The number of Topliss-reactive ketones (excluding diaryl/α,β-unsaturated/α-hetero) is 6. The van der Waals surface area contributed by atoms with Crippen molar-refractivity contribution in [3.05, 3.63) is 358 Å². The van der Waals surface area contributed by atoms with E-state index in [1.165, 1.54) is 0 Å². The predicted molar refractivity (Wildman–Crippen MR) is 386 cm³/mol. The van der Waals surface area contributed by atoms with Gasteiger partial charge in [-0.15, -0.1) is 0 Å². The van der Waals surface area contributed by atoms with E-state index in [9.17, 15) is 28.8 Å². The Morgan fingerprint density at radius 3 is 0.229 bits per heavy atom. The van der Waals surface area contributed by atoms with E-state index in [-0.39, 0.29) is 34.7 Å². The van der Waals surface area contributed by atoms with Crippen LogP contribution in [-0.2, 0) is 106 Å². The molecule has 33 rings (SSSR count). The molecular weight excluding hydrogens is 1180 g/mol. The topological polar surface area (TPSA) is 102 Å². The summed E-state index contributed by atoms with van der Waals surface area (Å²) in [5.41, 5.74) is 25.6. The second-order valence-corrected chi connectivity index (χ2v) is 25.7. The predicted octanol–water partition coefficient (Wildman–Crippen LogP) is 18.1. The molecule has 12 aromatic rings. The quantitative estimate of drug-likeness (QED) is 0.150. The van der Waals surface area contributed by atoms with Crippen molar-refractivity contribution in [2.24, 2.45) is 0 Å². The number of hydrogen-bond acceptors (Lipinski definition) is 6. The maximum absolute atomic E-state index is 12.6. The van der Waals surface area contributed by atoms with Crippen LogP contribution in [0.2, 0.25) is 0 Å². The Morgan fingerprint density at radius 2 is 0.167 bits per heavy atom. The van der Waals surface area contributed by atoms with Crippen LogP contribution in [0.25, 0.3) is 66.8 Å². The van der Waals surface area contributed by atoms with Crippen LogP contribution in [0.4, 0.5) is 0 Å². The molecule has 21 aliphatic carbocycles. The Balaban J connectivity index is 0.000000130. The van der Waals surface area contributed by atoms with Crippen molar-refractivity contribution < 1.29 is 28.8 Å². The molecule has 21 aliphatic rings. The maximum atomic E-state index is 12.6. The molecule has 12 aromatic carbocycles. The third kappa shape index (κ3) is 16.9. The Morgan fingerprint density at radius 1 is 0.104 bits per heavy atom. The molecule has 6 heteroatoms. The van der Waals surface area contributed by atoms with Gasteiger partial charge in [0.05, 0.1) is 0 Å². The zero-order valence-corrected chi connectivity index (χ0v) is 53.6. The largest absolute Gasteiger partial charge is 0.299 e. The molecule has 0 saturated carbocycles. The molecule has 0 heterocycles. The number of ketones is 6. The summed E-state index contributed by atoms with van der Waals surface area (Å²) in [7, 11) is 0. The fourth-order valence-electron chi connectivity index (χ4n) is 12.9. The zero-order valence-electron chi connectivity index (χ0n) is 53.6. The van der Waals surface area contributed by atoms with Gasteiger partial charge in [-0.05, 0) is 134 Å². The summed E-state index contributed by atoms with van der Waals surface area (Å²) in [4.78, 5) is 75.6. The number of benzene rings is 12. The highest BCUT2D eigenvalue weighted by Crippen LogP contribution is 2.29. The van der Waals surface area contributed by atoms with E-state index in [0.29, 0.717) is 77.0 Å². The third-order valence-corrected chi connectivity index (χ3v) is 18.3. The molecule has 468 valence electrons. The Hall–Kier alpha value is -11.3. The third-order valence-electron chi connectivity index (χ3n) is 18.3. The SMILES string of the molecule is O=C1Cc2ccc(cc2)-c2ccc(cc2)CC(=O)Cc2ccc(cc2)-c2ccc(cc2)C1.O=C1Cc2ccc(cc2)-c2ccc(cc2)CC(=O)Cc2ccc(cc2)-c2ccc(cc2)C1.O=C1Cc2ccc(cc2)-c2ccc(cc2)CC(=O)Cc2ccc(cc2)-c2ccc(cc2)C1. The molecule has 6 nitrogen and oxygen atoms in total. The van der Waals surface area contributed by atoms with E-state index >= 15 is 0 Å². The van der Waals surface area contributed by atoms with Crippen molar-refractivity contribution in [3.8, 4) is 66.8 Å². The van der Waals surface area contributed by atoms with Gasteiger partial charge in [-0.25, -0.2) is 0 Å². The summed E-state index contributed by atoms with van der Waals surface area (Å²) in [5, 5.41) is 0. The van der Waals surface area contributed by atoms with Gasteiger partial charge in [0, 0.05) is 77.0 Å². The molecule has 0 unspecified atom stereocenters. The van der Waals surface area contributed by atoms with E-state index in [4.69, 9.17) is 0 Å². The van der Waals surface area contributed by atoms with Gasteiger partial charge in [0.1, 0.15) is 34.7 Å². The Bertz CT molecular complexity index is 3620. The first-order valence-electron chi connectivity index (χ1n) is 33.1. The van der Waals surface area contributed by atoms with Crippen molar-refractivity contribution in [2.45, 2.75) is 77.0 Å². The van der Waals surface area contributed by atoms with Crippen LogP contribution in [0.3, 0.4) is 0 Å². The van der Waals surface area contributed by atoms with Crippen LogP contribution in [0, 0.1) is 0 Å². The summed E-state index contributed by atoms with van der Waals surface area (Å²) in [6.45, 7) is 0. The summed E-state index contributed by atoms with van der Waals surface area (Å²) in [6, 6.07) is 98.2. The van der Waals surface area contributed by atoms with Crippen LogP contribution in [0.1, 0.15) is 66.8 Å². The van der Waals surface area contributed by atoms with Crippen LogP contribution in [0.5, 0.6) is 0 Å². The molecule has 0 amide bonds. The first-order valence-corrected chi connectivity index (χ1v) is 33.1. The van der Waals surface area contributed by atoms with Gasteiger partial charge >= 0.3 is 0 Å². The second-order valence-electron chi connectivity index (χ2n) is 25.7. The van der Waals surface area contributed by atoms with Gasteiger partial charge in [-0.2, -0.15) is 0 Å². The van der Waals surface area contributed by atoms with Crippen molar-refractivity contribution >= 4 is 34.7 Å². The number of rotatable bonds is 0. The van der Waals surface area contributed by atoms with Crippen LogP contribution >= 0.6 is 0 Å². The lowest BCUT2D eigenvalue weighted by Gasteiger charge is -2.09. The summed E-state index contributed by atoms with van der Waals surface area (Å²) >= 11 is 0. The summed E-state index contributed by atoms with van der Waals surface area (Å²) < 4.78 is 0. The highest BCUT2D eigenvalue weighted by molar-refractivity contribution is 5.88. The van der Waals surface area contributed by atoms with E-state index in [1.807, 2.05) is 146 Å². The van der Waals surface area contributed by atoms with E-state index in [1.54, 1.807) is 0 Å². The van der Waals surface area contributed by atoms with Gasteiger partial charge in [0.15, 0.2) is 0 Å².